The van der Waals surface area contributed by atoms with Crippen LogP contribution in [0.1, 0.15) is 6.92 Å². The first-order chi connectivity index (χ1) is 7.50. The van der Waals surface area contributed by atoms with Crippen LogP contribution in [-0.2, 0) is 11.8 Å². The number of aromatic nitrogens is 3. The SMILES string of the molecule is CC(=O)On1ncc2cc(Br)c(=O)n(C)c21. The number of aryl methyl sites for hydroxylation is 1. The number of pyridine rings is 1. The molecular formula is C9H8BrN3O3. The van der Waals surface area contributed by atoms with E-state index in [4.69, 9.17) is 4.84 Å². The van der Waals surface area contributed by atoms with Crippen molar-refractivity contribution in [1.82, 2.24) is 14.5 Å². The lowest BCUT2D eigenvalue weighted by atomic mass is 10.3. The highest BCUT2D eigenvalue weighted by atomic mass is 79.9. The van der Waals surface area contributed by atoms with Gasteiger partial charge >= 0.3 is 5.97 Å². The van der Waals surface area contributed by atoms with E-state index in [0.717, 1.165) is 4.85 Å². The van der Waals surface area contributed by atoms with E-state index in [0.29, 0.717) is 15.5 Å². The molecule has 7 heteroatoms. The fourth-order valence-corrected chi connectivity index (χ4v) is 1.92. The van der Waals surface area contributed by atoms with Gasteiger partial charge in [0.05, 0.1) is 10.7 Å². The molecule has 0 radical (unpaired) electrons. The predicted molar refractivity (Wildman–Crippen MR) is 59.9 cm³/mol. The van der Waals surface area contributed by atoms with Crippen LogP contribution in [0.5, 0.6) is 0 Å². The zero-order chi connectivity index (χ0) is 11.9. The van der Waals surface area contributed by atoms with Gasteiger partial charge in [0, 0.05) is 19.4 Å². The van der Waals surface area contributed by atoms with E-state index in [2.05, 4.69) is 21.0 Å². The van der Waals surface area contributed by atoms with Crippen molar-refractivity contribution in [2.45, 2.75) is 6.92 Å². The van der Waals surface area contributed by atoms with Gasteiger partial charge in [-0.2, -0.15) is 0 Å². The first-order valence-electron chi connectivity index (χ1n) is 4.43. The third-order valence-corrected chi connectivity index (χ3v) is 2.63. The maximum absolute atomic E-state index is 11.7. The van der Waals surface area contributed by atoms with Gasteiger partial charge in [0.1, 0.15) is 0 Å². The molecule has 84 valence electrons. The highest BCUT2D eigenvalue weighted by Crippen LogP contribution is 2.14. The van der Waals surface area contributed by atoms with Crippen molar-refractivity contribution >= 4 is 32.9 Å². The Morgan fingerprint density at radius 3 is 2.88 bits per heavy atom. The largest absolute Gasteiger partial charge is 0.332 e. The molecule has 0 bridgehead atoms. The molecule has 0 aliphatic rings. The van der Waals surface area contributed by atoms with E-state index in [1.807, 2.05) is 0 Å². The number of hydrogen-bond donors (Lipinski definition) is 0. The maximum Gasteiger partial charge on any atom is 0.332 e. The predicted octanol–water partition coefficient (Wildman–Crippen LogP) is 0.473. The Balaban J connectivity index is 2.76. The molecule has 6 nitrogen and oxygen atoms in total. The van der Waals surface area contributed by atoms with Crippen LogP contribution in [0.15, 0.2) is 21.5 Å². The summed E-state index contributed by atoms with van der Waals surface area (Å²) >= 11 is 3.15. The van der Waals surface area contributed by atoms with E-state index in [-0.39, 0.29) is 5.56 Å². The molecule has 0 saturated carbocycles. The summed E-state index contributed by atoms with van der Waals surface area (Å²) in [5, 5.41) is 4.58. The van der Waals surface area contributed by atoms with Crippen molar-refractivity contribution in [2.75, 3.05) is 0 Å². The van der Waals surface area contributed by atoms with Crippen LogP contribution in [0.3, 0.4) is 0 Å². The molecule has 16 heavy (non-hydrogen) atoms. The van der Waals surface area contributed by atoms with Crippen LogP contribution >= 0.6 is 15.9 Å². The van der Waals surface area contributed by atoms with Crippen molar-refractivity contribution in [3.05, 3.63) is 27.1 Å². The van der Waals surface area contributed by atoms with Crippen LogP contribution < -0.4 is 10.4 Å². The molecule has 0 atom stereocenters. The van der Waals surface area contributed by atoms with Crippen LogP contribution in [0, 0.1) is 0 Å². The lowest BCUT2D eigenvalue weighted by molar-refractivity contribution is -0.142. The number of carbonyl (C=O) groups is 1. The van der Waals surface area contributed by atoms with Crippen molar-refractivity contribution in [2.24, 2.45) is 7.05 Å². The van der Waals surface area contributed by atoms with Gasteiger partial charge in [-0.15, -0.1) is 5.10 Å². The molecule has 2 rings (SSSR count). The first-order valence-corrected chi connectivity index (χ1v) is 5.22. The van der Waals surface area contributed by atoms with Crippen molar-refractivity contribution in [3.8, 4) is 0 Å². The minimum atomic E-state index is -0.500. The van der Waals surface area contributed by atoms with Crippen molar-refractivity contribution in [1.29, 1.82) is 0 Å². The molecule has 0 amide bonds. The molecule has 0 aliphatic carbocycles. The zero-order valence-corrected chi connectivity index (χ0v) is 10.2. The van der Waals surface area contributed by atoms with E-state index >= 15 is 0 Å². The Bertz CT molecular complexity index is 629. The van der Waals surface area contributed by atoms with E-state index < -0.39 is 5.97 Å². The molecule has 2 heterocycles. The quantitative estimate of drug-likeness (QED) is 0.764. The molecule has 0 aromatic carbocycles. The molecule has 0 unspecified atom stereocenters. The van der Waals surface area contributed by atoms with Crippen molar-refractivity contribution in [3.63, 3.8) is 0 Å². The van der Waals surface area contributed by atoms with E-state index in [9.17, 15) is 9.59 Å². The van der Waals surface area contributed by atoms with Crippen LogP contribution in [0.25, 0.3) is 11.0 Å². The summed E-state index contributed by atoms with van der Waals surface area (Å²) in [6.07, 6.45) is 1.52. The Morgan fingerprint density at radius 2 is 2.25 bits per heavy atom. The van der Waals surface area contributed by atoms with Crippen LogP contribution in [0.2, 0.25) is 0 Å². The lowest BCUT2D eigenvalue weighted by Crippen LogP contribution is -2.24. The summed E-state index contributed by atoms with van der Waals surface area (Å²) in [6, 6.07) is 1.63. The smallest absolute Gasteiger partial charge is 0.318 e. The van der Waals surface area contributed by atoms with Gasteiger partial charge in [-0.1, -0.05) is 4.85 Å². The molecule has 2 aromatic heterocycles. The Kier molecular flexibility index (Phi) is 2.55. The standard InChI is InChI=1S/C9H8BrN3O3/c1-5(14)16-13-8-6(4-11-13)3-7(10)9(15)12(8)2/h3-4H,1-2H3. The van der Waals surface area contributed by atoms with Gasteiger partial charge in [0.15, 0.2) is 5.65 Å². The van der Waals surface area contributed by atoms with Crippen LogP contribution in [-0.4, -0.2) is 20.5 Å². The van der Waals surface area contributed by atoms with E-state index in [1.54, 1.807) is 13.1 Å². The van der Waals surface area contributed by atoms with Gasteiger partial charge in [-0.3, -0.25) is 9.36 Å². The maximum atomic E-state index is 11.7. The second-order valence-corrected chi connectivity index (χ2v) is 4.09. The molecule has 0 N–H and O–H groups in total. The van der Waals surface area contributed by atoms with Gasteiger partial charge in [-0.25, -0.2) is 4.79 Å². The number of rotatable bonds is 1. The van der Waals surface area contributed by atoms with Gasteiger partial charge < -0.3 is 4.84 Å². The topological polar surface area (TPSA) is 66.1 Å². The summed E-state index contributed by atoms with van der Waals surface area (Å²) < 4.78 is 1.79. The van der Waals surface area contributed by atoms with Gasteiger partial charge in [0.2, 0.25) is 0 Å². The Hall–Kier alpha value is -1.63. The number of hydrogen-bond acceptors (Lipinski definition) is 4. The molecule has 0 saturated heterocycles. The molecule has 0 fully saturated rings. The highest BCUT2D eigenvalue weighted by molar-refractivity contribution is 9.10. The first kappa shape index (κ1) is 10.9. The van der Waals surface area contributed by atoms with Crippen molar-refractivity contribution < 1.29 is 9.63 Å². The number of nitrogens with zero attached hydrogens (tertiary/aromatic N) is 3. The number of fused-ring (bicyclic) bond motifs is 1. The summed E-state index contributed by atoms with van der Waals surface area (Å²) in [7, 11) is 1.58. The normalized spacial score (nSPS) is 10.7. The average Bonchev–Trinajstić information content (AvgIpc) is 2.57. The summed E-state index contributed by atoms with van der Waals surface area (Å²) in [5.41, 5.74) is 0.213. The van der Waals surface area contributed by atoms with Gasteiger partial charge in [-0.05, 0) is 22.0 Å². The summed E-state index contributed by atoms with van der Waals surface area (Å²) in [5.74, 6) is -0.500. The third-order valence-electron chi connectivity index (χ3n) is 2.06. The Morgan fingerprint density at radius 1 is 1.56 bits per heavy atom. The Labute approximate surface area is 98.5 Å². The van der Waals surface area contributed by atoms with Crippen LogP contribution in [0.4, 0.5) is 0 Å². The number of carbonyl (C=O) groups excluding carboxylic acids is 1. The molecular weight excluding hydrogens is 278 g/mol. The lowest BCUT2D eigenvalue weighted by Gasteiger charge is -2.05. The second-order valence-electron chi connectivity index (χ2n) is 3.24. The minimum absolute atomic E-state index is 0.221. The molecule has 0 aliphatic heterocycles. The fourth-order valence-electron chi connectivity index (χ4n) is 1.40. The molecule has 2 aromatic rings. The van der Waals surface area contributed by atoms with E-state index in [1.165, 1.54) is 17.7 Å². The fraction of sp³-hybridized carbons (Fsp3) is 0.222. The zero-order valence-electron chi connectivity index (χ0n) is 8.60. The minimum Gasteiger partial charge on any atom is -0.318 e. The number of halogens is 1. The summed E-state index contributed by atoms with van der Waals surface area (Å²) in [6.45, 7) is 1.27. The molecule has 0 spiro atoms. The monoisotopic (exact) mass is 285 g/mol. The van der Waals surface area contributed by atoms with Gasteiger partial charge in [0.25, 0.3) is 5.56 Å². The third kappa shape index (κ3) is 1.63. The summed E-state index contributed by atoms with van der Waals surface area (Å²) in [4.78, 5) is 28.4. The highest BCUT2D eigenvalue weighted by Gasteiger charge is 2.11. The second kappa shape index (κ2) is 3.75. The average molecular weight is 286 g/mol.